The number of hydrogen-bond donors (Lipinski definition) is 0. The number of esters is 1. The van der Waals surface area contributed by atoms with Crippen molar-refractivity contribution in [1.82, 2.24) is 14.4 Å². The molecule has 3 aliphatic heterocycles. The zero-order valence-electron chi connectivity index (χ0n) is 26.2. The first-order valence-corrected chi connectivity index (χ1v) is 16.5. The van der Waals surface area contributed by atoms with E-state index < -0.39 is 0 Å². The van der Waals surface area contributed by atoms with Crippen LogP contribution in [0, 0.1) is 11.8 Å². The van der Waals surface area contributed by atoms with Crippen molar-refractivity contribution in [2.45, 2.75) is 89.8 Å². The molecule has 2 aromatic carbocycles. The number of nitrogens with zero attached hydrogens (tertiary/aromatic N) is 3. The van der Waals surface area contributed by atoms with Crippen molar-refractivity contribution in [2.75, 3.05) is 26.7 Å². The largest absolute Gasteiger partial charge is 0.469 e. The molecule has 230 valence electrons. The molecule has 3 aliphatic rings. The van der Waals surface area contributed by atoms with Crippen molar-refractivity contribution in [2.24, 2.45) is 11.8 Å². The lowest BCUT2D eigenvalue weighted by Gasteiger charge is -2.57. The maximum Gasteiger partial charge on any atom is 0.305 e. The zero-order valence-corrected chi connectivity index (χ0v) is 26.9. The van der Waals surface area contributed by atoms with Gasteiger partial charge >= 0.3 is 5.97 Å². The number of amides is 1. The van der Waals surface area contributed by atoms with Crippen molar-refractivity contribution in [1.29, 1.82) is 0 Å². The van der Waals surface area contributed by atoms with Crippen LogP contribution < -0.4 is 0 Å². The van der Waals surface area contributed by atoms with Crippen LogP contribution in [-0.4, -0.2) is 65.1 Å². The Balaban J connectivity index is 1.40. The second kappa shape index (κ2) is 12.3. The second-order valence-electron chi connectivity index (χ2n) is 14.0. The fourth-order valence-corrected chi connectivity index (χ4v) is 8.60. The van der Waals surface area contributed by atoms with Gasteiger partial charge in [-0.1, -0.05) is 62.7 Å². The third kappa shape index (κ3) is 5.98. The molecule has 3 fully saturated rings. The molecule has 0 bridgehead atoms. The molecule has 0 radical (unpaired) electrons. The highest BCUT2D eigenvalue weighted by molar-refractivity contribution is 6.31. The van der Waals surface area contributed by atoms with Crippen LogP contribution in [0.4, 0.5) is 0 Å². The number of ether oxygens (including phenoxy) is 1. The molecule has 0 N–H and O–H groups in total. The van der Waals surface area contributed by atoms with Crippen LogP contribution in [0.2, 0.25) is 5.02 Å². The zero-order chi connectivity index (χ0) is 30.3. The summed E-state index contributed by atoms with van der Waals surface area (Å²) in [5.41, 5.74) is 4.18. The molecule has 4 heterocycles. The average molecular weight is 604 g/mol. The van der Waals surface area contributed by atoms with Gasteiger partial charge in [0.2, 0.25) is 0 Å². The lowest BCUT2D eigenvalue weighted by atomic mass is 9.69. The highest BCUT2D eigenvalue weighted by Crippen LogP contribution is 2.44. The molecule has 3 aromatic rings. The molecule has 43 heavy (non-hydrogen) atoms. The number of hydrogen-bond acceptors (Lipinski definition) is 4. The van der Waals surface area contributed by atoms with Gasteiger partial charge in [0.05, 0.1) is 12.6 Å². The van der Waals surface area contributed by atoms with Crippen molar-refractivity contribution < 1.29 is 14.3 Å². The second-order valence-corrected chi connectivity index (χ2v) is 14.4. The predicted octanol–water partition coefficient (Wildman–Crippen LogP) is 7.30. The summed E-state index contributed by atoms with van der Waals surface area (Å²) in [6.07, 6.45) is 6.63. The maximum atomic E-state index is 14.9. The molecule has 0 saturated carbocycles. The minimum atomic E-state index is -0.177. The SMILES string of the molecule is COC(=O)CCC[C@@H]1[C@H]2CCCN3CCC[C@@H](CN1C(=O)c1cc4ccc(Cl)cc4n1Cc1ccccc1C(C)(C)C)[C@@H]23. The number of carbonyl (C=O) groups is 2. The first-order valence-electron chi connectivity index (χ1n) is 16.1. The molecular weight excluding hydrogens is 558 g/mol. The first-order chi connectivity index (χ1) is 20.7. The minimum absolute atomic E-state index is 0.0260. The molecule has 0 unspecified atom stereocenters. The minimum Gasteiger partial charge on any atom is -0.469 e. The van der Waals surface area contributed by atoms with Crippen LogP contribution in [0.25, 0.3) is 10.9 Å². The third-order valence-corrected chi connectivity index (χ3v) is 10.5. The Hall–Kier alpha value is -2.83. The quantitative estimate of drug-likeness (QED) is 0.266. The number of methoxy groups -OCH3 is 1. The Kier molecular flexibility index (Phi) is 8.63. The van der Waals surface area contributed by atoms with Crippen LogP contribution in [0.15, 0.2) is 48.5 Å². The molecule has 1 aromatic heterocycles. The van der Waals surface area contributed by atoms with Gasteiger partial charge in [-0.2, -0.15) is 0 Å². The van der Waals surface area contributed by atoms with Gasteiger partial charge in [0, 0.05) is 42.0 Å². The van der Waals surface area contributed by atoms with Crippen molar-refractivity contribution >= 4 is 34.4 Å². The van der Waals surface area contributed by atoms with E-state index in [1.165, 1.54) is 50.6 Å². The summed E-state index contributed by atoms with van der Waals surface area (Å²) in [5.74, 6) is 0.853. The molecule has 7 heteroatoms. The molecule has 3 saturated heterocycles. The van der Waals surface area contributed by atoms with E-state index in [2.05, 4.69) is 65.5 Å². The number of rotatable bonds is 7. The van der Waals surface area contributed by atoms with Gasteiger partial charge in [0.1, 0.15) is 5.69 Å². The summed E-state index contributed by atoms with van der Waals surface area (Å²) >= 11 is 6.54. The van der Waals surface area contributed by atoms with Gasteiger partial charge in [-0.25, -0.2) is 0 Å². The van der Waals surface area contributed by atoms with Gasteiger partial charge < -0.3 is 14.2 Å². The van der Waals surface area contributed by atoms with Gasteiger partial charge in [-0.15, -0.1) is 0 Å². The van der Waals surface area contributed by atoms with E-state index in [-0.39, 0.29) is 23.3 Å². The van der Waals surface area contributed by atoms with E-state index in [1.807, 2.05) is 18.2 Å². The van der Waals surface area contributed by atoms with E-state index in [4.69, 9.17) is 16.3 Å². The summed E-state index contributed by atoms with van der Waals surface area (Å²) < 4.78 is 7.15. The Morgan fingerprint density at radius 1 is 1.02 bits per heavy atom. The average Bonchev–Trinajstić information content (AvgIpc) is 3.34. The summed E-state index contributed by atoms with van der Waals surface area (Å²) in [5, 5.41) is 1.69. The van der Waals surface area contributed by atoms with Crippen LogP contribution in [0.5, 0.6) is 0 Å². The van der Waals surface area contributed by atoms with E-state index in [1.54, 1.807) is 0 Å². The topological polar surface area (TPSA) is 54.8 Å². The Morgan fingerprint density at radius 2 is 1.79 bits per heavy atom. The van der Waals surface area contributed by atoms with Gasteiger partial charge in [-0.05, 0) is 98.2 Å². The smallest absolute Gasteiger partial charge is 0.305 e. The highest BCUT2D eigenvalue weighted by atomic mass is 35.5. The molecule has 6 rings (SSSR count). The number of carbonyl (C=O) groups excluding carboxylic acids is 2. The number of piperidine rings is 3. The standard InChI is InChI=1S/C36H46ClN3O3/c1-36(2,3)29-13-6-5-10-25(29)22-39-31-21-27(37)17-16-24(31)20-32(39)35(42)40-23-26-11-8-18-38-19-9-12-28(34(26)38)30(40)14-7-15-33(41)43-4/h5-6,10,13,16-17,20-21,26,28,30,34H,7-9,11-12,14-15,18-19,22-23H2,1-4H3/t26-,28+,30+,34-/m0/s1. The van der Waals surface area contributed by atoms with E-state index in [0.717, 1.165) is 42.4 Å². The van der Waals surface area contributed by atoms with Crippen molar-refractivity contribution in [3.05, 3.63) is 70.4 Å². The number of fused-ring (bicyclic) bond motifs is 1. The lowest BCUT2D eigenvalue weighted by Crippen LogP contribution is -2.65. The number of aromatic nitrogens is 1. The van der Waals surface area contributed by atoms with Crippen LogP contribution in [0.1, 0.15) is 87.3 Å². The fraction of sp³-hybridized carbons (Fsp3) is 0.556. The Bertz CT molecular complexity index is 1490. The van der Waals surface area contributed by atoms with Gasteiger partial charge in [-0.3, -0.25) is 14.5 Å². The summed E-state index contributed by atoms with van der Waals surface area (Å²) in [7, 11) is 1.45. The molecule has 4 atom stereocenters. The highest BCUT2D eigenvalue weighted by Gasteiger charge is 2.50. The van der Waals surface area contributed by atoms with Crippen LogP contribution >= 0.6 is 11.6 Å². The normalized spacial score (nSPS) is 24.2. The first kappa shape index (κ1) is 30.2. The summed E-state index contributed by atoms with van der Waals surface area (Å²) in [4.78, 5) is 31.9. The van der Waals surface area contributed by atoms with E-state index >= 15 is 0 Å². The summed E-state index contributed by atoms with van der Waals surface area (Å²) in [6.45, 7) is 10.4. The monoisotopic (exact) mass is 603 g/mol. The molecule has 1 amide bonds. The number of halogens is 1. The van der Waals surface area contributed by atoms with Gasteiger partial charge in [0.25, 0.3) is 5.91 Å². The van der Waals surface area contributed by atoms with E-state index in [9.17, 15) is 9.59 Å². The predicted molar refractivity (Wildman–Crippen MR) is 173 cm³/mol. The number of likely N-dealkylation sites (tertiary alicyclic amines) is 1. The van der Waals surface area contributed by atoms with Gasteiger partial charge in [0.15, 0.2) is 0 Å². The Morgan fingerprint density at radius 3 is 2.56 bits per heavy atom. The third-order valence-electron chi connectivity index (χ3n) is 10.3. The fourth-order valence-electron chi connectivity index (χ4n) is 8.44. The van der Waals surface area contributed by atoms with Crippen molar-refractivity contribution in [3.8, 4) is 0 Å². The molecule has 0 aliphatic carbocycles. The lowest BCUT2D eigenvalue weighted by molar-refractivity contribution is -0.140. The van der Waals surface area contributed by atoms with Crippen LogP contribution in [-0.2, 0) is 21.5 Å². The van der Waals surface area contributed by atoms with Crippen molar-refractivity contribution in [3.63, 3.8) is 0 Å². The van der Waals surface area contributed by atoms with Crippen LogP contribution in [0.3, 0.4) is 0 Å². The molecular formula is C36H46ClN3O3. The van der Waals surface area contributed by atoms with E-state index in [0.29, 0.717) is 35.9 Å². The molecule has 6 nitrogen and oxygen atoms in total. The number of benzene rings is 2. The molecule has 0 spiro atoms. The summed E-state index contributed by atoms with van der Waals surface area (Å²) in [6, 6.07) is 17.2. The Labute approximate surface area is 261 Å². The maximum absolute atomic E-state index is 14.9.